The predicted molar refractivity (Wildman–Crippen MR) is 88.9 cm³/mol. The Morgan fingerprint density at radius 2 is 1.41 bits per heavy atom. The van der Waals surface area contributed by atoms with Gasteiger partial charge in [-0.2, -0.15) is 0 Å². The highest BCUT2D eigenvalue weighted by Gasteiger charge is 2.14. The molecule has 0 saturated carbocycles. The lowest BCUT2D eigenvalue weighted by atomic mass is 9.97. The van der Waals surface area contributed by atoms with Crippen LogP contribution in [0.25, 0.3) is 43.8 Å². The van der Waals surface area contributed by atoms with Gasteiger partial charge >= 0.3 is 0 Å². The number of rotatable bonds is 1. The van der Waals surface area contributed by atoms with Gasteiger partial charge in [0, 0.05) is 21.7 Å². The van der Waals surface area contributed by atoms with Crippen LogP contribution in [0, 0.1) is 0 Å². The molecule has 2 nitrogen and oxygen atoms in total. The molecule has 0 atom stereocenters. The van der Waals surface area contributed by atoms with E-state index in [0.717, 1.165) is 43.8 Å². The van der Waals surface area contributed by atoms with Gasteiger partial charge in [0.1, 0.15) is 11.2 Å². The zero-order valence-electron chi connectivity index (χ0n) is 11.7. The Morgan fingerprint density at radius 1 is 0.636 bits per heavy atom. The average molecular weight is 284 g/mol. The highest BCUT2D eigenvalue weighted by Crippen LogP contribution is 2.38. The summed E-state index contributed by atoms with van der Waals surface area (Å²) in [4.78, 5) is 0. The van der Waals surface area contributed by atoms with Crippen LogP contribution in [0.5, 0.6) is 0 Å². The second kappa shape index (κ2) is 4.25. The quantitative estimate of drug-likeness (QED) is 0.377. The molecule has 0 aliphatic heterocycles. The molecule has 0 aliphatic rings. The van der Waals surface area contributed by atoms with Crippen molar-refractivity contribution in [1.82, 2.24) is 0 Å². The molecule has 5 rings (SSSR count). The molecular formula is C20H12O2. The molecule has 0 spiro atoms. The van der Waals surface area contributed by atoms with E-state index in [0.29, 0.717) is 0 Å². The van der Waals surface area contributed by atoms with Crippen molar-refractivity contribution in [3.8, 4) is 11.1 Å². The van der Waals surface area contributed by atoms with Gasteiger partial charge in [-0.05, 0) is 29.1 Å². The van der Waals surface area contributed by atoms with Crippen LogP contribution in [0.1, 0.15) is 0 Å². The molecule has 22 heavy (non-hydrogen) atoms. The lowest BCUT2D eigenvalue weighted by Crippen LogP contribution is -1.82. The third-order valence-electron chi connectivity index (χ3n) is 4.22. The maximum absolute atomic E-state index is 5.80. The van der Waals surface area contributed by atoms with Crippen LogP contribution in [-0.4, -0.2) is 0 Å². The molecule has 104 valence electrons. The highest BCUT2D eigenvalue weighted by atomic mass is 16.3. The van der Waals surface area contributed by atoms with Gasteiger partial charge in [-0.15, -0.1) is 0 Å². The smallest absolute Gasteiger partial charge is 0.142 e. The van der Waals surface area contributed by atoms with E-state index in [1.165, 1.54) is 0 Å². The van der Waals surface area contributed by atoms with Crippen molar-refractivity contribution in [2.75, 3.05) is 0 Å². The third kappa shape index (κ3) is 1.49. The van der Waals surface area contributed by atoms with E-state index in [4.69, 9.17) is 8.83 Å². The number of hydrogen-bond donors (Lipinski definition) is 0. The molecule has 2 heterocycles. The monoisotopic (exact) mass is 284 g/mol. The Labute approximate surface area is 126 Å². The molecule has 0 radical (unpaired) electrons. The maximum atomic E-state index is 5.80. The van der Waals surface area contributed by atoms with Crippen molar-refractivity contribution in [2.24, 2.45) is 0 Å². The van der Waals surface area contributed by atoms with Crippen LogP contribution < -0.4 is 0 Å². The number of hydrogen-bond acceptors (Lipinski definition) is 2. The van der Waals surface area contributed by atoms with Gasteiger partial charge in [-0.3, -0.25) is 0 Å². The Balaban J connectivity index is 2.00. The lowest BCUT2D eigenvalue weighted by molar-refractivity contribution is 0.616. The van der Waals surface area contributed by atoms with Crippen molar-refractivity contribution in [2.45, 2.75) is 0 Å². The lowest BCUT2D eigenvalue weighted by Gasteiger charge is -2.07. The minimum atomic E-state index is 0.905. The highest BCUT2D eigenvalue weighted by molar-refractivity contribution is 6.20. The molecule has 0 amide bonds. The zero-order chi connectivity index (χ0) is 14.5. The summed E-state index contributed by atoms with van der Waals surface area (Å²) in [6.07, 6.45) is 3.49. The molecule has 0 unspecified atom stereocenters. The predicted octanol–water partition coefficient (Wildman–Crippen LogP) is 6.00. The summed E-state index contributed by atoms with van der Waals surface area (Å²) >= 11 is 0. The first-order valence-corrected chi connectivity index (χ1v) is 7.27. The molecule has 0 aliphatic carbocycles. The van der Waals surface area contributed by atoms with Crippen LogP contribution >= 0.6 is 0 Å². The molecule has 5 aromatic rings. The molecule has 0 N–H and O–H groups in total. The Bertz CT molecular complexity index is 1110. The van der Waals surface area contributed by atoms with Crippen LogP contribution in [0.3, 0.4) is 0 Å². The molecule has 0 saturated heterocycles. The van der Waals surface area contributed by atoms with Gasteiger partial charge in [0.25, 0.3) is 0 Å². The van der Waals surface area contributed by atoms with Gasteiger partial charge in [-0.25, -0.2) is 0 Å². The SMILES string of the molecule is c1ccc(-c2cc3ccc4ccoc4c3c3ccoc23)cc1. The number of benzene rings is 3. The van der Waals surface area contributed by atoms with E-state index in [2.05, 4.69) is 30.3 Å². The maximum Gasteiger partial charge on any atom is 0.142 e. The van der Waals surface area contributed by atoms with Crippen LogP contribution in [-0.2, 0) is 0 Å². The van der Waals surface area contributed by atoms with E-state index in [1.54, 1.807) is 12.5 Å². The van der Waals surface area contributed by atoms with E-state index in [9.17, 15) is 0 Å². The molecule has 0 fully saturated rings. The fraction of sp³-hybridized carbons (Fsp3) is 0. The summed E-state index contributed by atoms with van der Waals surface area (Å²) in [5.74, 6) is 0. The van der Waals surface area contributed by atoms with Crippen molar-refractivity contribution < 1.29 is 8.83 Å². The Kier molecular flexibility index (Phi) is 2.25. The first-order chi connectivity index (χ1) is 10.9. The van der Waals surface area contributed by atoms with Crippen LogP contribution in [0.15, 0.2) is 82.0 Å². The minimum Gasteiger partial charge on any atom is -0.464 e. The normalized spacial score (nSPS) is 11.6. The molecular weight excluding hydrogens is 272 g/mol. The molecule has 3 aromatic carbocycles. The number of fused-ring (bicyclic) bond motifs is 5. The summed E-state index contributed by atoms with van der Waals surface area (Å²) in [6.45, 7) is 0. The van der Waals surface area contributed by atoms with Crippen LogP contribution in [0.4, 0.5) is 0 Å². The standard InChI is InChI=1S/C20H12O2/c1-2-4-13(5-3-1)17-12-15-7-6-14-8-10-21-19(14)18(15)16-9-11-22-20(16)17/h1-12H. The molecule has 2 heteroatoms. The van der Waals surface area contributed by atoms with Gasteiger partial charge in [0.15, 0.2) is 0 Å². The summed E-state index contributed by atoms with van der Waals surface area (Å²) in [6, 6.07) is 20.8. The van der Waals surface area contributed by atoms with Gasteiger partial charge in [0.05, 0.1) is 12.5 Å². The number of furan rings is 2. The Morgan fingerprint density at radius 3 is 2.32 bits per heavy atom. The second-order valence-corrected chi connectivity index (χ2v) is 5.46. The first-order valence-electron chi connectivity index (χ1n) is 7.27. The average Bonchev–Trinajstić information content (AvgIpc) is 3.23. The van der Waals surface area contributed by atoms with Crippen LogP contribution in [0.2, 0.25) is 0 Å². The second-order valence-electron chi connectivity index (χ2n) is 5.46. The van der Waals surface area contributed by atoms with E-state index in [1.807, 2.05) is 30.3 Å². The van der Waals surface area contributed by atoms with E-state index in [-0.39, 0.29) is 0 Å². The van der Waals surface area contributed by atoms with Crippen molar-refractivity contribution in [1.29, 1.82) is 0 Å². The largest absolute Gasteiger partial charge is 0.464 e. The van der Waals surface area contributed by atoms with Crippen molar-refractivity contribution >= 4 is 32.7 Å². The first kappa shape index (κ1) is 11.6. The topological polar surface area (TPSA) is 26.3 Å². The Hall–Kier alpha value is -3.00. The van der Waals surface area contributed by atoms with Crippen molar-refractivity contribution in [3.63, 3.8) is 0 Å². The van der Waals surface area contributed by atoms with E-state index >= 15 is 0 Å². The summed E-state index contributed by atoms with van der Waals surface area (Å²) < 4.78 is 11.5. The van der Waals surface area contributed by atoms with Gasteiger partial charge in [0.2, 0.25) is 0 Å². The molecule has 2 aromatic heterocycles. The van der Waals surface area contributed by atoms with E-state index < -0.39 is 0 Å². The fourth-order valence-corrected chi connectivity index (χ4v) is 3.21. The summed E-state index contributed by atoms with van der Waals surface area (Å²) in [7, 11) is 0. The minimum absolute atomic E-state index is 0.905. The van der Waals surface area contributed by atoms with Crippen molar-refractivity contribution in [3.05, 3.63) is 73.2 Å². The fourth-order valence-electron chi connectivity index (χ4n) is 3.21. The zero-order valence-corrected chi connectivity index (χ0v) is 11.7. The molecule has 0 bridgehead atoms. The van der Waals surface area contributed by atoms with Gasteiger partial charge in [-0.1, -0.05) is 42.5 Å². The van der Waals surface area contributed by atoms with Gasteiger partial charge < -0.3 is 8.83 Å². The summed E-state index contributed by atoms with van der Waals surface area (Å²) in [5.41, 5.74) is 4.09. The third-order valence-corrected chi connectivity index (χ3v) is 4.22. The summed E-state index contributed by atoms with van der Waals surface area (Å²) in [5, 5.41) is 4.49.